The van der Waals surface area contributed by atoms with Crippen molar-refractivity contribution >= 4 is 5.78 Å². The molecule has 1 aliphatic heterocycles. The number of ether oxygens (including phenoxy) is 1. The summed E-state index contributed by atoms with van der Waals surface area (Å²) in [6.45, 7) is 7.46. The Balaban J connectivity index is 1.97. The zero-order valence-corrected chi connectivity index (χ0v) is 12.1. The van der Waals surface area contributed by atoms with E-state index in [9.17, 15) is 15.0 Å². The summed E-state index contributed by atoms with van der Waals surface area (Å²) < 4.78 is 5.52. The topological polar surface area (TPSA) is 70.1 Å². The van der Waals surface area contributed by atoms with E-state index in [4.69, 9.17) is 4.74 Å². The van der Waals surface area contributed by atoms with Crippen LogP contribution in [0.5, 0.6) is 0 Å². The summed E-state index contributed by atoms with van der Waals surface area (Å²) in [6, 6.07) is 0. The summed E-state index contributed by atoms with van der Waals surface area (Å²) >= 11 is 0. The Bertz CT molecular complexity index is 391. The van der Waals surface area contributed by atoms with Gasteiger partial charge in [0.25, 0.3) is 0 Å². The third kappa shape index (κ3) is 2.91. The average Bonchev–Trinajstić information content (AvgIpc) is 3.02. The van der Waals surface area contributed by atoms with Gasteiger partial charge < -0.3 is 14.9 Å². The van der Waals surface area contributed by atoms with Crippen LogP contribution in [0.4, 0.5) is 0 Å². The average molecular weight is 268 g/mol. The highest BCUT2D eigenvalue weighted by Gasteiger charge is 2.62. The molecule has 0 aromatic carbocycles. The van der Waals surface area contributed by atoms with Crippen LogP contribution in [0.15, 0.2) is 11.6 Å². The monoisotopic (exact) mass is 268 g/mol. The molecule has 1 saturated carbocycles. The van der Waals surface area contributed by atoms with Crippen LogP contribution in [-0.4, -0.2) is 39.9 Å². The Labute approximate surface area is 114 Å². The first kappa shape index (κ1) is 14.7. The fourth-order valence-corrected chi connectivity index (χ4v) is 3.15. The number of carbonyl (C=O) groups is 1. The van der Waals surface area contributed by atoms with Gasteiger partial charge in [-0.05, 0) is 45.1 Å². The van der Waals surface area contributed by atoms with Gasteiger partial charge in [0.1, 0.15) is 11.7 Å². The Hall–Kier alpha value is -0.710. The number of rotatable bonds is 4. The molecule has 1 heterocycles. The van der Waals surface area contributed by atoms with E-state index < -0.39 is 11.7 Å². The highest BCUT2D eigenvalue weighted by molar-refractivity contribution is 5.90. The van der Waals surface area contributed by atoms with E-state index in [1.165, 1.54) is 0 Å². The van der Waals surface area contributed by atoms with Crippen LogP contribution in [-0.2, 0) is 9.53 Å². The van der Waals surface area contributed by atoms with Crippen molar-refractivity contribution in [3.05, 3.63) is 11.6 Å². The molecule has 4 nitrogen and oxygen atoms in total. The molecule has 2 N–H and O–H groups in total. The molecule has 0 aromatic heterocycles. The SMILES string of the molecule is CC(C)=CC(=O)CC(C)C1CC(O)C(C)(O)C2OC12. The Morgan fingerprint density at radius 1 is 1.53 bits per heavy atom. The van der Waals surface area contributed by atoms with Crippen molar-refractivity contribution in [2.75, 3.05) is 0 Å². The lowest BCUT2D eigenvalue weighted by atomic mass is 9.72. The maximum Gasteiger partial charge on any atom is 0.155 e. The van der Waals surface area contributed by atoms with Crippen LogP contribution >= 0.6 is 0 Å². The van der Waals surface area contributed by atoms with Crippen LogP contribution in [0, 0.1) is 11.8 Å². The zero-order valence-electron chi connectivity index (χ0n) is 12.1. The fraction of sp³-hybridized carbons (Fsp3) is 0.800. The molecule has 0 bridgehead atoms. The van der Waals surface area contributed by atoms with Crippen LogP contribution in [0.3, 0.4) is 0 Å². The summed E-state index contributed by atoms with van der Waals surface area (Å²) in [5, 5.41) is 20.1. The Morgan fingerprint density at radius 3 is 2.74 bits per heavy atom. The molecule has 19 heavy (non-hydrogen) atoms. The minimum absolute atomic E-state index is 0.00657. The van der Waals surface area contributed by atoms with Crippen molar-refractivity contribution < 1.29 is 19.7 Å². The highest BCUT2D eigenvalue weighted by atomic mass is 16.6. The quantitative estimate of drug-likeness (QED) is 0.598. The van der Waals surface area contributed by atoms with E-state index in [1.807, 2.05) is 20.8 Å². The number of ketones is 1. The van der Waals surface area contributed by atoms with E-state index in [-0.39, 0.29) is 29.8 Å². The number of carbonyl (C=O) groups excluding carboxylic acids is 1. The van der Waals surface area contributed by atoms with Crippen molar-refractivity contribution in [3.63, 3.8) is 0 Å². The van der Waals surface area contributed by atoms with E-state index >= 15 is 0 Å². The van der Waals surface area contributed by atoms with Crippen molar-refractivity contribution in [1.29, 1.82) is 0 Å². The summed E-state index contributed by atoms with van der Waals surface area (Å²) in [4.78, 5) is 11.8. The van der Waals surface area contributed by atoms with Gasteiger partial charge in [-0.15, -0.1) is 0 Å². The van der Waals surface area contributed by atoms with Crippen molar-refractivity contribution in [3.8, 4) is 0 Å². The van der Waals surface area contributed by atoms with Crippen LogP contribution in [0.1, 0.15) is 40.5 Å². The minimum Gasteiger partial charge on any atom is -0.390 e. The molecule has 1 aliphatic carbocycles. The molecule has 1 saturated heterocycles. The van der Waals surface area contributed by atoms with E-state index in [2.05, 4.69) is 0 Å². The van der Waals surface area contributed by atoms with Gasteiger partial charge >= 0.3 is 0 Å². The van der Waals surface area contributed by atoms with E-state index in [0.29, 0.717) is 12.8 Å². The Kier molecular flexibility index (Phi) is 3.87. The lowest BCUT2D eigenvalue weighted by Gasteiger charge is -2.36. The van der Waals surface area contributed by atoms with Gasteiger partial charge in [0.15, 0.2) is 5.78 Å². The normalized spacial score (nSPS) is 42.2. The van der Waals surface area contributed by atoms with E-state index in [0.717, 1.165) is 5.57 Å². The number of fused-ring (bicyclic) bond motifs is 1. The lowest BCUT2D eigenvalue weighted by Crippen LogP contribution is -2.51. The van der Waals surface area contributed by atoms with Crippen LogP contribution in [0.25, 0.3) is 0 Å². The van der Waals surface area contributed by atoms with Gasteiger partial charge in [-0.2, -0.15) is 0 Å². The fourth-order valence-electron chi connectivity index (χ4n) is 3.15. The van der Waals surface area contributed by atoms with Gasteiger partial charge in [0, 0.05) is 6.42 Å². The minimum atomic E-state index is -1.15. The molecule has 0 spiro atoms. The molecule has 0 radical (unpaired) electrons. The van der Waals surface area contributed by atoms with Crippen molar-refractivity contribution in [2.24, 2.45) is 11.8 Å². The third-order valence-electron chi connectivity index (χ3n) is 4.40. The number of hydrogen-bond donors (Lipinski definition) is 2. The van der Waals surface area contributed by atoms with Gasteiger partial charge in [0.05, 0.1) is 12.2 Å². The molecular formula is C15H24O4. The first-order chi connectivity index (χ1) is 8.73. The van der Waals surface area contributed by atoms with Crippen molar-refractivity contribution in [2.45, 2.75) is 64.4 Å². The van der Waals surface area contributed by atoms with Crippen molar-refractivity contribution in [1.82, 2.24) is 0 Å². The predicted octanol–water partition coefficient (Wildman–Crippen LogP) is 1.45. The summed E-state index contributed by atoms with van der Waals surface area (Å²) in [5.74, 6) is 0.426. The number of aliphatic hydroxyl groups excluding tert-OH is 1. The second-order valence-electron chi connectivity index (χ2n) is 6.53. The molecule has 4 heteroatoms. The van der Waals surface area contributed by atoms with Gasteiger partial charge in [0.2, 0.25) is 0 Å². The van der Waals surface area contributed by atoms with Crippen LogP contribution < -0.4 is 0 Å². The van der Waals surface area contributed by atoms with Gasteiger partial charge in [-0.25, -0.2) is 0 Å². The number of epoxide rings is 1. The van der Waals surface area contributed by atoms with Crippen LogP contribution in [0.2, 0.25) is 0 Å². The highest BCUT2D eigenvalue weighted by Crippen LogP contribution is 2.49. The maximum absolute atomic E-state index is 11.8. The molecule has 2 rings (SSSR count). The number of aliphatic hydroxyl groups is 2. The van der Waals surface area contributed by atoms with Gasteiger partial charge in [-0.3, -0.25) is 4.79 Å². The van der Waals surface area contributed by atoms with E-state index in [1.54, 1.807) is 13.0 Å². The number of hydrogen-bond acceptors (Lipinski definition) is 4. The summed E-state index contributed by atoms with van der Waals surface area (Å²) in [5.41, 5.74) is -0.144. The largest absolute Gasteiger partial charge is 0.390 e. The first-order valence-electron chi connectivity index (χ1n) is 6.97. The predicted molar refractivity (Wildman–Crippen MR) is 71.6 cm³/mol. The number of allylic oxidation sites excluding steroid dienone is 2. The second-order valence-corrected chi connectivity index (χ2v) is 6.53. The molecule has 6 unspecified atom stereocenters. The third-order valence-corrected chi connectivity index (χ3v) is 4.40. The molecule has 108 valence electrons. The standard InChI is InChI=1S/C15H24O4/c1-8(2)5-10(16)6-9(3)11-7-12(17)15(4,18)14-13(11)19-14/h5,9,11-14,17-18H,6-7H2,1-4H3. The molecule has 0 aromatic rings. The molecular weight excluding hydrogens is 244 g/mol. The molecule has 0 amide bonds. The maximum atomic E-state index is 11.8. The second kappa shape index (κ2) is 5.00. The summed E-state index contributed by atoms with van der Waals surface area (Å²) in [6.07, 6.45) is 1.57. The Morgan fingerprint density at radius 2 is 2.16 bits per heavy atom. The smallest absolute Gasteiger partial charge is 0.155 e. The van der Waals surface area contributed by atoms with Gasteiger partial charge in [-0.1, -0.05) is 12.5 Å². The zero-order chi connectivity index (χ0) is 14.4. The first-order valence-corrected chi connectivity index (χ1v) is 6.97. The molecule has 6 atom stereocenters. The lowest BCUT2D eigenvalue weighted by molar-refractivity contribution is -0.117. The molecule has 2 fully saturated rings. The summed E-state index contributed by atoms with van der Waals surface area (Å²) in [7, 11) is 0. The molecule has 2 aliphatic rings.